The van der Waals surface area contributed by atoms with E-state index < -0.39 is 0 Å². The molecule has 0 bridgehead atoms. The van der Waals surface area contributed by atoms with Crippen molar-refractivity contribution in [2.75, 3.05) is 13.2 Å². The predicted octanol–water partition coefficient (Wildman–Crippen LogP) is 1.55. The minimum Gasteiger partial charge on any atom is -0.491 e. The molecule has 2 rings (SSSR count). The number of halogens is 1. The van der Waals surface area contributed by atoms with Gasteiger partial charge >= 0.3 is 0 Å². The first-order chi connectivity index (χ1) is 6.27. The lowest BCUT2D eigenvalue weighted by molar-refractivity contribution is 0.331. The lowest BCUT2D eigenvalue weighted by Crippen LogP contribution is -2.13. The molecule has 1 heterocycles. The summed E-state index contributed by atoms with van der Waals surface area (Å²) in [5.41, 5.74) is 6.63. The molecule has 0 aliphatic carbocycles. The van der Waals surface area contributed by atoms with E-state index >= 15 is 0 Å². The molecule has 1 aromatic rings. The Kier molecular flexibility index (Phi) is 2.22. The van der Waals surface area contributed by atoms with E-state index in [9.17, 15) is 0 Å². The van der Waals surface area contributed by atoms with Gasteiger partial charge in [-0.2, -0.15) is 0 Å². The van der Waals surface area contributed by atoms with E-state index in [1.165, 1.54) is 0 Å². The van der Waals surface area contributed by atoms with Gasteiger partial charge in [0.05, 0.1) is 12.1 Å². The van der Waals surface area contributed by atoms with Gasteiger partial charge < -0.3 is 10.5 Å². The second-order valence-corrected chi connectivity index (χ2v) is 3.67. The molecule has 3 nitrogen and oxygen atoms in total. The summed E-state index contributed by atoms with van der Waals surface area (Å²) in [6.45, 7) is 1.22. The highest BCUT2D eigenvalue weighted by atomic mass is 79.9. The molecule has 0 saturated heterocycles. The third-order valence-electron chi connectivity index (χ3n) is 1.85. The number of nitrogens with zero attached hydrogens (tertiary/aromatic N) is 1. The first-order valence-electron chi connectivity index (χ1n) is 4.00. The summed E-state index contributed by atoms with van der Waals surface area (Å²) >= 11 is 3.38. The molecule has 0 saturated carbocycles. The van der Waals surface area contributed by atoms with Crippen LogP contribution in [0.25, 0.3) is 0 Å². The van der Waals surface area contributed by atoms with Gasteiger partial charge in [0, 0.05) is 4.47 Å². The molecule has 0 unspecified atom stereocenters. The van der Waals surface area contributed by atoms with Crippen LogP contribution < -0.4 is 10.5 Å². The summed E-state index contributed by atoms with van der Waals surface area (Å²) in [5, 5.41) is 0. The third-order valence-corrected chi connectivity index (χ3v) is 2.34. The molecule has 4 heteroatoms. The maximum atomic E-state index is 5.76. The van der Waals surface area contributed by atoms with Crippen molar-refractivity contribution in [2.45, 2.75) is 0 Å². The van der Waals surface area contributed by atoms with Gasteiger partial charge in [-0.3, -0.25) is 4.99 Å². The molecule has 68 valence electrons. The largest absolute Gasteiger partial charge is 0.491 e. The van der Waals surface area contributed by atoms with E-state index in [-0.39, 0.29) is 0 Å². The highest BCUT2D eigenvalue weighted by Crippen LogP contribution is 2.24. The third kappa shape index (κ3) is 1.67. The summed E-state index contributed by atoms with van der Waals surface area (Å²) in [6.07, 6.45) is 0. The summed E-state index contributed by atoms with van der Waals surface area (Å²) < 4.78 is 6.44. The maximum absolute atomic E-state index is 5.76. The molecule has 0 radical (unpaired) electrons. The van der Waals surface area contributed by atoms with Crippen molar-refractivity contribution in [3.8, 4) is 5.75 Å². The Morgan fingerprint density at radius 2 is 2.31 bits per heavy atom. The van der Waals surface area contributed by atoms with Gasteiger partial charge in [0.25, 0.3) is 0 Å². The lowest BCUT2D eigenvalue weighted by atomic mass is 10.2. The molecular weight excluding hydrogens is 232 g/mol. The number of hydrogen-bond acceptors (Lipinski definition) is 3. The van der Waals surface area contributed by atoms with E-state index in [4.69, 9.17) is 10.5 Å². The molecule has 0 atom stereocenters. The van der Waals surface area contributed by atoms with Crippen LogP contribution in [0.1, 0.15) is 5.56 Å². The van der Waals surface area contributed by atoms with E-state index in [0.717, 1.165) is 15.8 Å². The van der Waals surface area contributed by atoms with Crippen molar-refractivity contribution in [2.24, 2.45) is 10.7 Å². The van der Waals surface area contributed by atoms with Crippen molar-refractivity contribution in [3.63, 3.8) is 0 Å². The van der Waals surface area contributed by atoms with E-state index in [1.807, 2.05) is 18.2 Å². The Labute approximate surface area is 84.7 Å². The monoisotopic (exact) mass is 240 g/mol. The standard InChI is InChI=1S/C9H9BrN2O/c10-6-1-2-8-7(5-6)9(11)12-3-4-13-8/h1-2,5H,3-4H2,(H2,11,12). The zero-order valence-electron chi connectivity index (χ0n) is 6.96. The number of hydrogen-bond donors (Lipinski definition) is 1. The van der Waals surface area contributed by atoms with Crippen molar-refractivity contribution >= 4 is 21.8 Å². The Morgan fingerprint density at radius 1 is 1.46 bits per heavy atom. The summed E-state index contributed by atoms with van der Waals surface area (Å²) in [6, 6.07) is 5.74. The highest BCUT2D eigenvalue weighted by Gasteiger charge is 2.10. The second kappa shape index (κ2) is 3.38. The highest BCUT2D eigenvalue weighted by molar-refractivity contribution is 9.10. The molecule has 0 amide bonds. The normalized spacial score (nSPS) is 15.3. The average molecular weight is 241 g/mol. The second-order valence-electron chi connectivity index (χ2n) is 2.76. The molecule has 1 aliphatic rings. The van der Waals surface area contributed by atoms with Gasteiger partial charge in [-0.05, 0) is 18.2 Å². The molecule has 13 heavy (non-hydrogen) atoms. The fourth-order valence-electron chi connectivity index (χ4n) is 1.24. The lowest BCUT2D eigenvalue weighted by Gasteiger charge is -2.06. The topological polar surface area (TPSA) is 47.6 Å². The maximum Gasteiger partial charge on any atom is 0.130 e. The van der Waals surface area contributed by atoms with E-state index in [2.05, 4.69) is 20.9 Å². The quantitative estimate of drug-likeness (QED) is 0.749. The Hall–Kier alpha value is -1.03. The molecule has 1 aliphatic heterocycles. The first-order valence-corrected chi connectivity index (χ1v) is 4.79. The van der Waals surface area contributed by atoms with Crippen LogP contribution in [0.3, 0.4) is 0 Å². The van der Waals surface area contributed by atoms with Crippen LogP contribution >= 0.6 is 15.9 Å². The Balaban J connectivity index is 2.54. The number of aliphatic imine (C=N–C) groups is 1. The first kappa shape index (κ1) is 8.56. The van der Waals surface area contributed by atoms with Gasteiger partial charge in [-0.1, -0.05) is 15.9 Å². The number of nitrogens with two attached hydrogens (primary N) is 1. The van der Waals surface area contributed by atoms with Crippen LogP contribution in [0.5, 0.6) is 5.75 Å². The summed E-state index contributed by atoms with van der Waals surface area (Å²) in [4.78, 5) is 4.15. The van der Waals surface area contributed by atoms with E-state index in [0.29, 0.717) is 19.0 Å². The Bertz CT molecular complexity index is 363. The van der Waals surface area contributed by atoms with Crippen LogP contribution in [0.4, 0.5) is 0 Å². The van der Waals surface area contributed by atoms with Crippen molar-refractivity contribution in [1.82, 2.24) is 0 Å². The smallest absolute Gasteiger partial charge is 0.130 e. The minimum atomic E-state index is 0.550. The Morgan fingerprint density at radius 3 is 3.15 bits per heavy atom. The van der Waals surface area contributed by atoms with Crippen molar-refractivity contribution in [3.05, 3.63) is 28.2 Å². The van der Waals surface area contributed by atoms with Crippen LogP contribution in [-0.2, 0) is 0 Å². The number of ether oxygens (including phenoxy) is 1. The van der Waals surface area contributed by atoms with Crippen LogP contribution in [0, 0.1) is 0 Å². The average Bonchev–Trinajstić information content (AvgIpc) is 2.29. The molecule has 0 spiro atoms. The molecule has 0 fully saturated rings. The van der Waals surface area contributed by atoms with Gasteiger partial charge in [0.15, 0.2) is 0 Å². The van der Waals surface area contributed by atoms with Crippen LogP contribution in [0.15, 0.2) is 27.7 Å². The fraction of sp³-hybridized carbons (Fsp3) is 0.222. The van der Waals surface area contributed by atoms with Gasteiger partial charge in [-0.25, -0.2) is 0 Å². The molecule has 0 aromatic heterocycles. The van der Waals surface area contributed by atoms with Crippen molar-refractivity contribution in [1.29, 1.82) is 0 Å². The van der Waals surface area contributed by atoms with E-state index in [1.54, 1.807) is 0 Å². The number of rotatable bonds is 0. The van der Waals surface area contributed by atoms with Crippen molar-refractivity contribution < 1.29 is 4.74 Å². The number of amidine groups is 1. The number of fused-ring (bicyclic) bond motifs is 1. The summed E-state index contributed by atoms with van der Waals surface area (Å²) in [5.74, 6) is 1.36. The zero-order chi connectivity index (χ0) is 9.26. The zero-order valence-corrected chi connectivity index (χ0v) is 8.54. The van der Waals surface area contributed by atoms with Gasteiger partial charge in [0.1, 0.15) is 18.2 Å². The number of benzene rings is 1. The van der Waals surface area contributed by atoms with Crippen LogP contribution in [0.2, 0.25) is 0 Å². The minimum absolute atomic E-state index is 0.550. The molecular formula is C9H9BrN2O. The molecule has 1 aromatic carbocycles. The summed E-state index contributed by atoms with van der Waals surface area (Å²) in [7, 11) is 0. The van der Waals surface area contributed by atoms with Gasteiger partial charge in [-0.15, -0.1) is 0 Å². The SMILES string of the molecule is NC1=NCCOc2ccc(Br)cc21. The molecule has 2 N–H and O–H groups in total. The van der Waals surface area contributed by atoms with Gasteiger partial charge in [0.2, 0.25) is 0 Å². The predicted molar refractivity (Wildman–Crippen MR) is 55.2 cm³/mol. The fourth-order valence-corrected chi connectivity index (χ4v) is 1.60. The van der Waals surface area contributed by atoms with Crippen LogP contribution in [-0.4, -0.2) is 19.0 Å².